The molecule has 0 radical (unpaired) electrons. The van der Waals surface area contributed by atoms with Gasteiger partial charge in [0.25, 0.3) is 5.70 Å². The minimum atomic E-state index is -0.530. The number of rotatable bonds is 4. The van der Waals surface area contributed by atoms with Crippen LogP contribution in [0.4, 0.5) is 0 Å². The van der Waals surface area contributed by atoms with E-state index in [-0.39, 0.29) is 12.3 Å². The summed E-state index contributed by atoms with van der Waals surface area (Å²) in [5.74, 6) is 0.630. The number of aliphatic hydroxyl groups excluding tert-OH is 1. The molecule has 1 rings (SSSR count). The molecule has 1 N–H and O–H groups in total. The van der Waals surface area contributed by atoms with Crippen LogP contribution in [-0.4, -0.2) is 23.7 Å². The summed E-state index contributed by atoms with van der Waals surface area (Å²) < 4.78 is 4.93. The Morgan fingerprint density at radius 2 is 2.13 bits per heavy atom. The lowest BCUT2D eigenvalue weighted by atomic mass is 10.1. The topological polar surface area (TPSA) is 72.6 Å². The second kappa shape index (κ2) is 5.11. The highest BCUT2D eigenvalue weighted by Gasteiger charge is 2.12. The summed E-state index contributed by atoms with van der Waals surface area (Å²) >= 11 is 0. The first-order valence-electron chi connectivity index (χ1n) is 4.29. The van der Waals surface area contributed by atoms with Crippen molar-refractivity contribution in [3.05, 3.63) is 46.0 Å². The molecule has 0 unspecified atom stereocenters. The Bertz CT molecular complexity index is 370. The molecule has 0 heterocycles. The highest BCUT2D eigenvalue weighted by Crippen LogP contribution is 2.18. The van der Waals surface area contributed by atoms with Crippen LogP contribution in [0.3, 0.4) is 0 Å². The molecule has 1 aromatic rings. The van der Waals surface area contributed by atoms with Crippen molar-refractivity contribution in [2.24, 2.45) is 0 Å². The van der Waals surface area contributed by atoms with Crippen LogP contribution in [-0.2, 0) is 0 Å². The van der Waals surface area contributed by atoms with E-state index >= 15 is 0 Å². The van der Waals surface area contributed by atoms with Crippen LogP contribution >= 0.6 is 0 Å². The number of nitrogens with zero attached hydrogens (tertiary/aromatic N) is 1. The van der Waals surface area contributed by atoms with Crippen molar-refractivity contribution >= 4 is 5.70 Å². The molecule has 0 saturated carbocycles. The summed E-state index contributed by atoms with van der Waals surface area (Å²) in [7, 11) is 1.52. The van der Waals surface area contributed by atoms with E-state index < -0.39 is 4.92 Å². The van der Waals surface area contributed by atoms with E-state index in [0.29, 0.717) is 11.3 Å². The molecule has 1 aromatic carbocycles. The van der Waals surface area contributed by atoms with Crippen LogP contribution in [0.2, 0.25) is 0 Å². The van der Waals surface area contributed by atoms with Gasteiger partial charge in [0.2, 0.25) is 0 Å². The van der Waals surface area contributed by atoms with Gasteiger partial charge in [0.15, 0.2) is 0 Å². The van der Waals surface area contributed by atoms with Crippen LogP contribution < -0.4 is 4.74 Å². The van der Waals surface area contributed by atoms with E-state index in [0.717, 1.165) is 6.08 Å². The standard InChI is InChI=1S/C10H11NO4/c1-15-9-4-2-8(3-5-9)10(6-7-12)11(13)14/h2-6,12H,7H2,1H3/b10-6-. The van der Waals surface area contributed by atoms with Gasteiger partial charge in [0.05, 0.1) is 24.2 Å². The number of aliphatic hydroxyl groups is 1. The maximum atomic E-state index is 10.6. The van der Waals surface area contributed by atoms with Gasteiger partial charge in [-0.2, -0.15) is 0 Å². The van der Waals surface area contributed by atoms with Crippen LogP contribution in [0.1, 0.15) is 5.56 Å². The van der Waals surface area contributed by atoms with Crippen LogP contribution in [0.5, 0.6) is 5.75 Å². The third kappa shape index (κ3) is 2.78. The maximum absolute atomic E-state index is 10.6. The SMILES string of the molecule is COc1ccc(/C(=C/CO)[N+](=O)[O-])cc1. The van der Waals surface area contributed by atoms with E-state index in [9.17, 15) is 10.1 Å². The largest absolute Gasteiger partial charge is 0.497 e. The van der Waals surface area contributed by atoms with Crippen molar-refractivity contribution in [3.63, 3.8) is 0 Å². The minimum Gasteiger partial charge on any atom is -0.497 e. The third-order valence-electron chi connectivity index (χ3n) is 1.87. The summed E-state index contributed by atoms with van der Waals surface area (Å²) in [5, 5.41) is 19.3. The fourth-order valence-corrected chi connectivity index (χ4v) is 1.15. The summed E-state index contributed by atoms with van der Waals surface area (Å²) in [6, 6.07) is 6.40. The Morgan fingerprint density at radius 1 is 1.53 bits per heavy atom. The number of nitro groups is 1. The molecule has 0 spiro atoms. The van der Waals surface area contributed by atoms with Crippen LogP contribution in [0, 0.1) is 10.1 Å². The summed E-state index contributed by atoms with van der Waals surface area (Å²) in [4.78, 5) is 10.1. The van der Waals surface area contributed by atoms with Gasteiger partial charge in [-0.3, -0.25) is 10.1 Å². The molecule has 0 amide bonds. The monoisotopic (exact) mass is 209 g/mol. The third-order valence-corrected chi connectivity index (χ3v) is 1.87. The van der Waals surface area contributed by atoms with E-state index in [4.69, 9.17) is 9.84 Å². The van der Waals surface area contributed by atoms with Crippen molar-refractivity contribution in [2.45, 2.75) is 0 Å². The lowest BCUT2D eigenvalue weighted by Crippen LogP contribution is -1.99. The Balaban J connectivity index is 3.02. The normalized spacial score (nSPS) is 11.2. The quantitative estimate of drug-likeness (QED) is 0.599. The molecule has 5 heteroatoms. The lowest BCUT2D eigenvalue weighted by molar-refractivity contribution is -0.375. The Kier molecular flexibility index (Phi) is 3.82. The molecule has 0 atom stereocenters. The average Bonchev–Trinajstić information content (AvgIpc) is 2.26. The lowest BCUT2D eigenvalue weighted by Gasteiger charge is -2.01. The molecule has 0 aliphatic rings. The van der Waals surface area contributed by atoms with E-state index in [1.807, 2.05) is 0 Å². The zero-order chi connectivity index (χ0) is 11.3. The predicted molar refractivity (Wildman–Crippen MR) is 55.1 cm³/mol. The molecule has 5 nitrogen and oxygen atoms in total. The summed E-state index contributed by atoms with van der Waals surface area (Å²) in [6.07, 6.45) is 1.15. The van der Waals surface area contributed by atoms with Gasteiger partial charge in [0.1, 0.15) is 5.75 Å². The van der Waals surface area contributed by atoms with Gasteiger partial charge in [-0.1, -0.05) is 0 Å². The van der Waals surface area contributed by atoms with E-state index in [1.54, 1.807) is 24.3 Å². The average molecular weight is 209 g/mol. The Morgan fingerprint density at radius 3 is 2.53 bits per heavy atom. The maximum Gasteiger partial charge on any atom is 0.274 e. The van der Waals surface area contributed by atoms with Crippen molar-refractivity contribution in [1.29, 1.82) is 0 Å². The Hall–Kier alpha value is -1.88. The fourth-order valence-electron chi connectivity index (χ4n) is 1.15. The summed E-state index contributed by atoms with van der Waals surface area (Å²) in [5.41, 5.74) is 0.329. The molecule has 0 aliphatic heterocycles. The highest BCUT2D eigenvalue weighted by molar-refractivity contribution is 5.59. The number of hydrogen-bond donors (Lipinski definition) is 1. The van der Waals surface area contributed by atoms with Crippen LogP contribution in [0.25, 0.3) is 5.70 Å². The number of hydrogen-bond acceptors (Lipinski definition) is 4. The molecule has 0 fully saturated rings. The molecule has 0 aliphatic carbocycles. The smallest absolute Gasteiger partial charge is 0.274 e. The van der Waals surface area contributed by atoms with E-state index in [1.165, 1.54) is 7.11 Å². The van der Waals surface area contributed by atoms with Gasteiger partial charge in [0, 0.05) is 6.08 Å². The van der Waals surface area contributed by atoms with Gasteiger partial charge in [-0.05, 0) is 24.3 Å². The first-order valence-corrected chi connectivity index (χ1v) is 4.29. The van der Waals surface area contributed by atoms with Crippen LogP contribution in [0.15, 0.2) is 30.3 Å². The fraction of sp³-hybridized carbons (Fsp3) is 0.200. The predicted octanol–water partition coefficient (Wildman–Crippen LogP) is 1.31. The van der Waals surface area contributed by atoms with Gasteiger partial charge in [-0.15, -0.1) is 0 Å². The van der Waals surface area contributed by atoms with Gasteiger partial charge >= 0.3 is 0 Å². The van der Waals surface area contributed by atoms with Crippen molar-refractivity contribution in [3.8, 4) is 5.75 Å². The highest BCUT2D eigenvalue weighted by atomic mass is 16.6. The zero-order valence-electron chi connectivity index (χ0n) is 8.21. The van der Waals surface area contributed by atoms with Gasteiger partial charge in [-0.25, -0.2) is 0 Å². The zero-order valence-corrected chi connectivity index (χ0v) is 8.21. The molecule has 80 valence electrons. The minimum absolute atomic E-state index is 0.111. The first-order chi connectivity index (χ1) is 7.19. The number of methoxy groups -OCH3 is 1. The first kappa shape index (κ1) is 11.2. The van der Waals surface area contributed by atoms with Gasteiger partial charge < -0.3 is 9.84 Å². The molecule has 0 bridgehead atoms. The number of benzene rings is 1. The summed E-state index contributed by atoms with van der Waals surface area (Å²) in [6.45, 7) is -0.359. The van der Waals surface area contributed by atoms with E-state index in [2.05, 4.69) is 0 Å². The Labute approximate surface area is 86.8 Å². The van der Waals surface area contributed by atoms with Crippen molar-refractivity contribution < 1.29 is 14.8 Å². The second-order valence-corrected chi connectivity index (χ2v) is 2.76. The number of ether oxygens (including phenoxy) is 1. The molecule has 0 aromatic heterocycles. The molecular weight excluding hydrogens is 198 g/mol. The molecule has 15 heavy (non-hydrogen) atoms. The second-order valence-electron chi connectivity index (χ2n) is 2.76. The van der Waals surface area contributed by atoms with Crippen molar-refractivity contribution in [1.82, 2.24) is 0 Å². The van der Waals surface area contributed by atoms with Crippen molar-refractivity contribution in [2.75, 3.05) is 13.7 Å². The molecular formula is C10H11NO4. The molecule has 0 saturated heterocycles.